The van der Waals surface area contributed by atoms with Gasteiger partial charge in [-0.2, -0.15) is 0 Å². The van der Waals surface area contributed by atoms with Crippen LogP contribution in [0.15, 0.2) is 22.6 Å². The third-order valence-electron chi connectivity index (χ3n) is 2.70. The van der Waals surface area contributed by atoms with Crippen LogP contribution in [0, 0.1) is 13.8 Å². The molecule has 0 aliphatic carbocycles. The first-order chi connectivity index (χ1) is 7.22. The van der Waals surface area contributed by atoms with Crippen molar-refractivity contribution >= 4 is 11.0 Å². The third-order valence-corrected chi connectivity index (χ3v) is 2.70. The zero-order valence-corrected chi connectivity index (χ0v) is 9.55. The molecule has 0 bridgehead atoms. The molecule has 0 fully saturated rings. The van der Waals surface area contributed by atoms with E-state index in [0.29, 0.717) is 0 Å². The summed E-state index contributed by atoms with van der Waals surface area (Å²) in [5, 5.41) is 4.51. The Hall–Kier alpha value is -1.28. The minimum atomic E-state index is 0.810. The highest BCUT2D eigenvalue weighted by atomic mass is 16.3. The molecule has 0 spiro atoms. The summed E-state index contributed by atoms with van der Waals surface area (Å²) in [6, 6.07) is 6.39. The van der Waals surface area contributed by atoms with Crippen molar-refractivity contribution in [3.63, 3.8) is 0 Å². The van der Waals surface area contributed by atoms with Crippen molar-refractivity contribution in [2.75, 3.05) is 6.54 Å². The number of furan rings is 1. The Morgan fingerprint density at radius 2 is 1.93 bits per heavy atom. The molecule has 0 aliphatic heterocycles. The van der Waals surface area contributed by atoms with Gasteiger partial charge >= 0.3 is 0 Å². The maximum atomic E-state index is 5.82. The predicted octanol–water partition coefficient (Wildman–Crippen LogP) is 3.16. The topological polar surface area (TPSA) is 25.2 Å². The van der Waals surface area contributed by atoms with Crippen LogP contribution in [0.4, 0.5) is 0 Å². The molecule has 1 aromatic carbocycles. The van der Waals surface area contributed by atoms with Crippen molar-refractivity contribution in [3.8, 4) is 0 Å². The van der Waals surface area contributed by atoms with E-state index in [1.54, 1.807) is 0 Å². The predicted molar refractivity (Wildman–Crippen MR) is 63.1 cm³/mol. The Morgan fingerprint density at radius 1 is 1.20 bits per heavy atom. The van der Waals surface area contributed by atoms with Gasteiger partial charge in [0, 0.05) is 5.39 Å². The number of fused-ring (bicyclic) bond motifs is 1. The van der Waals surface area contributed by atoms with E-state index in [2.05, 4.69) is 44.3 Å². The smallest absolute Gasteiger partial charge is 0.137 e. The monoisotopic (exact) mass is 203 g/mol. The maximum absolute atomic E-state index is 5.82. The molecule has 0 atom stereocenters. The minimum absolute atomic E-state index is 0.810. The summed E-state index contributed by atoms with van der Waals surface area (Å²) in [7, 11) is 0. The Kier molecular flexibility index (Phi) is 2.78. The maximum Gasteiger partial charge on any atom is 0.137 e. The summed E-state index contributed by atoms with van der Waals surface area (Å²) < 4.78 is 5.82. The molecule has 0 radical (unpaired) electrons. The van der Waals surface area contributed by atoms with Crippen LogP contribution in [-0.4, -0.2) is 6.54 Å². The minimum Gasteiger partial charge on any atom is -0.459 e. The highest BCUT2D eigenvalue weighted by molar-refractivity contribution is 5.84. The molecule has 15 heavy (non-hydrogen) atoms. The number of hydrogen-bond acceptors (Lipinski definition) is 2. The molecular formula is C13H17NO. The quantitative estimate of drug-likeness (QED) is 0.829. The van der Waals surface area contributed by atoms with Crippen LogP contribution >= 0.6 is 0 Å². The van der Waals surface area contributed by atoms with Crippen molar-refractivity contribution in [2.45, 2.75) is 27.3 Å². The van der Waals surface area contributed by atoms with Crippen LogP contribution < -0.4 is 5.32 Å². The highest BCUT2D eigenvalue weighted by Gasteiger charge is 2.07. The largest absolute Gasteiger partial charge is 0.459 e. The Balaban J connectivity index is 2.45. The van der Waals surface area contributed by atoms with Gasteiger partial charge in [-0.1, -0.05) is 19.1 Å². The first-order valence-electron chi connectivity index (χ1n) is 5.41. The van der Waals surface area contributed by atoms with E-state index in [0.717, 1.165) is 24.4 Å². The van der Waals surface area contributed by atoms with Crippen molar-refractivity contribution in [2.24, 2.45) is 0 Å². The van der Waals surface area contributed by atoms with E-state index in [-0.39, 0.29) is 0 Å². The van der Waals surface area contributed by atoms with Crippen molar-refractivity contribution in [3.05, 3.63) is 35.1 Å². The van der Waals surface area contributed by atoms with Crippen LogP contribution in [0.2, 0.25) is 0 Å². The van der Waals surface area contributed by atoms with Crippen LogP contribution in [-0.2, 0) is 6.54 Å². The zero-order chi connectivity index (χ0) is 10.8. The van der Waals surface area contributed by atoms with E-state index < -0.39 is 0 Å². The average Bonchev–Trinajstić information content (AvgIpc) is 2.66. The summed E-state index contributed by atoms with van der Waals surface area (Å²) in [4.78, 5) is 0. The van der Waals surface area contributed by atoms with Crippen molar-refractivity contribution in [1.82, 2.24) is 5.32 Å². The lowest BCUT2D eigenvalue weighted by atomic mass is 10.1. The second-order valence-electron chi connectivity index (χ2n) is 3.94. The van der Waals surface area contributed by atoms with Crippen LogP contribution in [0.3, 0.4) is 0 Å². The lowest BCUT2D eigenvalue weighted by Crippen LogP contribution is -2.10. The van der Waals surface area contributed by atoms with Crippen LogP contribution in [0.1, 0.15) is 23.8 Å². The lowest BCUT2D eigenvalue weighted by Gasteiger charge is -1.97. The lowest BCUT2D eigenvalue weighted by molar-refractivity contribution is 0.518. The highest BCUT2D eigenvalue weighted by Crippen LogP contribution is 2.25. The van der Waals surface area contributed by atoms with E-state index in [9.17, 15) is 0 Å². The molecule has 80 valence electrons. The average molecular weight is 203 g/mol. The van der Waals surface area contributed by atoms with Gasteiger partial charge < -0.3 is 9.73 Å². The number of rotatable bonds is 3. The van der Waals surface area contributed by atoms with Gasteiger partial charge in [-0.05, 0) is 37.6 Å². The summed E-state index contributed by atoms with van der Waals surface area (Å²) >= 11 is 0. The number of aryl methyl sites for hydroxylation is 2. The van der Waals surface area contributed by atoms with Gasteiger partial charge in [0.25, 0.3) is 0 Å². The standard InChI is InChI=1S/C13H17NO/c1-4-14-8-11-7-12-9(2)5-6-10(3)13(12)15-11/h5-7,14H,4,8H2,1-3H3. The number of nitrogens with one attached hydrogen (secondary N) is 1. The van der Waals surface area contributed by atoms with Crippen LogP contribution in [0.25, 0.3) is 11.0 Å². The fourth-order valence-corrected chi connectivity index (χ4v) is 1.78. The molecule has 2 nitrogen and oxygen atoms in total. The number of hydrogen-bond donors (Lipinski definition) is 1. The van der Waals surface area contributed by atoms with Crippen molar-refractivity contribution < 1.29 is 4.42 Å². The fraction of sp³-hybridized carbons (Fsp3) is 0.385. The van der Waals surface area contributed by atoms with E-state index in [4.69, 9.17) is 4.42 Å². The Labute approximate surface area is 90.3 Å². The zero-order valence-electron chi connectivity index (χ0n) is 9.55. The molecule has 1 aromatic heterocycles. The summed E-state index contributed by atoms with van der Waals surface area (Å²) in [5.74, 6) is 1.02. The van der Waals surface area contributed by atoms with Crippen molar-refractivity contribution in [1.29, 1.82) is 0 Å². The SMILES string of the molecule is CCNCc1cc2c(C)ccc(C)c2o1. The first kappa shape index (κ1) is 10.2. The molecular weight excluding hydrogens is 186 g/mol. The second-order valence-corrected chi connectivity index (χ2v) is 3.94. The van der Waals surface area contributed by atoms with Gasteiger partial charge in [0.05, 0.1) is 6.54 Å². The van der Waals surface area contributed by atoms with E-state index in [1.165, 1.54) is 16.5 Å². The van der Waals surface area contributed by atoms with Gasteiger partial charge in [-0.15, -0.1) is 0 Å². The molecule has 0 aliphatic rings. The Morgan fingerprint density at radius 3 is 2.60 bits per heavy atom. The molecule has 2 aromatic rings. The van der Waals surface area contributed by atoms with Gasteiger partial charge in [-0.25, -0.2) is 0 Å². The summed E-state index contributed by atoms with van der Waals surface area (Å²) in [5.41, 5.74) is 3.52. The molecule has 2 rings (SSSR count). The fourth-order valence-electron chi connectivity index (χ4n) is 1.78. The molecule has 1 heterocycles. The van der Waals surface area contributed by atoms with E-state index in [1.807, 2.05) is 0 Å². The van der Waals surface area contributed by atoms with E-state index >= 15 is 0 Å². The van der Waals surface area contributed by atoms with Gasteiger partial charge in [0.15, 0.2) is 0 Å². The molecule has 0 saturated carbocycles. The normalized spacial score (nSPS) is 11.1. The molecule has 1 N–H and O–H groups in total. The number of benzene rings is 1. The summed E-state index contributed by atoms with van der Waals surface area (Å²) in [6.07, 6.45) is 0. The molecule has 2 heteroatoms. The van der Waals surface area contributed by atoms with Crippen LogP contribution in [0.5, 0.6) is 0 Å². The first-order valence-corrected chi connectivity index (χ1v) is 5.41. The molecule has 0 saturated heterocycles. The molecule has 0 unspecified atom stereocenters. The third kappa shape index (κ3) is 1.90. The summed E-state index contributed by atoms with van der Waals surface area (Å²) in [6.45, 7) is 8.08. The second kappa shape index (κ2) is 4.07. The Bertz CT molecular complexity index is 432. The molecule has 0 amide bonds. The van der Waals surface area contributed by atoms with Gasteiger partial charge in [0.1, 0.15) is 11.3 Å². The van der Waals surface area contributed by atoms with Gasteiger partial charge in [-0.3, -0.25) is 0 Å². The van der Waals surface area contributed by atoms with Gasteiger partial charge in [0.2, 0.25) is 0 Å².